The smallest absolute Gasteiger partial charge is 0.349 e. The Kier molecular flexibility index (Phi) is 7.75. The molecule has 2 rings (SSSR count). The summed E-state index contributed by atoms with van der Waals surface area (Å²) >= 11 is 11.4. The van der Waals surface area contributed by atoms with E-state index in [1.807, 2.05) is 4.72 Å². The van der Waals surface area contributed by atoms with Crippen LogP contribution in [0.4, 0.5) is 18.9 Å². The monoisotopic (exact) mass is 532 g/mol. The highest BCUT2D eigenvalue weighted by Crippen LogP contribution is 2.36. The van der Waals surface area contributed by atoms with Gasteiger partial charge in [-0.25, -0.2) is 16.8 Å². The van der Waals surface area contributed by atoms with Gasteiger partial charge in [0.1, 0.15) is 0 Å². The molecule has 0 radical (unpaired) electrons. The van der Waals surface area contributed by atoms with Crippen LogP contribution in [0.1, 0.15) is 12.0 Å². The van der Waals surface area contributed by atoms with Crippen LogP contribution in [0.5, 0.6) is 0 Å². The lowest BCUT2D eigenvalue weighted by Crippen LogP contribution is -2.24. The molecule has 2 aromatic rings. The van der Waals surface area contributed by atoms with Gasteiger partial charge in [-0.3, -0.25) is 9.52 Å². The molecule has 0 aliphatic rings. The molecule has 0 heterocycles. The Bertz CT molecular complexity index is 1250. The maximum atomic E-state index is 13.1. The van der Waals surface area contributed by atoms with Crippen LogP contribution >= 0.6 is 23.2 Å². The van der Waals surface area contributed by atoms with Crippen LogP contribution in [0.3, 0.4) is 0 Å². The highest BCUT2D eigenvalue weighted by molar-refractivity contribution is 7.93. The van der Waals surface area contributed by atoms with E-state index in [-0.39, 0.29) is 11.4 Å². The topological polar surface area (TPSA) is 101 Å². The number of carbonyl (C=O) groups excluding carboxylic acids is 1. The van der Waals surface area contributed by atoms with E-state index in [1.165, 1.54) is 25.1 Å². The number of amides is 1. The lowest BCUT2D eigenvalue weighted by molar-refractivity contribution is -0.137. The zero-order chi connectivity index (χ0) is 24.5. The molecule has 0 unspecified atom stereocenters. The number of alkyl halides is 3. The van der Waals surface area contributed by atoms with Crippen molar-refractivity contribution in [3.8, 4) is 0 Å². The SMILES string of the molecule is CN(C)C(=O)CCS(=O)(=O)c1ccc(Cl)cc1NS(=O)(=O)c1ccc(Cl)c(C(F)(F)F)c1. The summed E-state index contributed by atoms with van der Waals surface area (Å²) in [6.07, 6.45) is -5.28. The van der Waals surface area contributed by atoms with Gasteiger partial charge in [0, 0.05) is 25.5 Å². The third-order valence-corrected chi connectivity index (χ3v) is 7.85. The second kappa shape index (κ2) is 9.46. The van der Waals surface area contributed by atoms with E-state index >= 15 is 0 Å². The molecule has 0 atom stereocenters. The highest BCUT2D eigenvalue weighted by atomic mass is 35.5. The molecule has 14 heteroatoms. The molecule has 32 heavy (non-hydrogen) atoms. The first-order valence-corrected chi connectivity index (χ1v) is 12.6. The molecule has 1 amide bonds. The molecule has 0 aromatic heterocycles. The summed E-state index contributed by atoms with van der Waals surface area (Å²) in [6.45, 7) is 0. The summed E-state index contributed by atoms with van der Waals surface area (Å²) in [6, 6.07) is 5.18. The lowest BCUT2D eigenvalue weighted by Gasteiger charge is -2.16. The Morgan fingerprint density at radius 1 is 1.03 bits per heavy atom. The Labute approximate surface area is 193 Å². The van der Waals surface area contributed by atoms with E-state index in [2.05, 4.69) is 0 Å². The summed E-state index contributed by atoms with van der Waals surface area (Å²) < 4.78 is 92.1. The van der Waals surface area contributed by atoms with E-state index in [0.717, 1.165) is 24.3 Å². The lowest BCUT2D eigenvalue weighted by atomic mass is 10.2. The van der Waals surface area contributed by atoms with Gasteiger partial charge >= 0.3 is 6.18 Å². The van der Waals surface area contributed by atoms with Crippen LogP contribution in [-0.2, 0) is 30.8 Å². The number of hydrogen-bond donors (Lipinski definition) is 1. The molecule has 1 N–H and O–H groups in total. The molecule has 0 bridgehead atoms. The minimum absolute atomic E-state index is 0.0295. The third kappa shape index (κ3) is 6.27. The van der Waals surface area contributed by atoms with E-state index in [0.29, 0.717) is 6.07 Å². The maximum Gasteiger partial charge on any atom is 0.417 e. The number of carbonyl (C=O) groups is 1. The van der Waals surface area contributed by atoms with Crippen LogP contribution in [0.15, 0.2) is 46.2 Å². The molecule has 0 saturated heterocycles. The van der Waals surface area contributed by atoms with E-state index in [9.17, 15) is 34.8 Å². The molecule has 0 saturated carbocycles. The third-order valence-electron chi connectivity index (χ3n) is 4.16. The zero-order valence-corrected chi connectivity index (χ0v) is 19.7. The molecule has 176 valence electrons. The van der Waals surface area contributed by atoms with Gasteiger partial charge in [0.2, 0.25) is 5.91 Å². The number of rotatable bonds is 7. The number of anilines is 1. The molecule has 2 aromatic carbocycles. The second-order valence-corrected chi connectivity index (χ2v) is 11.3. The van der Waals surface area contributed by atoms with Crippen LogP contribution in [0.25, 0.3) is 0 Å². The van der Waals surface area contributed by atoms with E-state index in [4.69, 9.17) is 23.2 Å². The van der Waals surface area contributed by atoms with Gasteiger partial charge < -0.3 is 4.90 Å². The van der Waals surface area contributed by atoms with Gasteiger partial charge in [-0.15, -0.1) is 0 Å². The number of hydrogen-bond acceptors (Lipinski definition) is 5. The fourth-order valence-corrected chi connectivity index (χ4v) is 5.44. The molecular weight excluding hydrogens is 516 g/mol. The number of halogens is 5. The number of nitrogens with one attached hydrogen (secondary N) is 1. The van der Waals surface area contributed by atoms with Gasteiger partial charge in [-0.05, 0) is 36.4 Å². The summed E-state index contributed by atoms with van der Waals surface area (Å²) in [5, 5.41) is -0.730. The fraction of sp³-hybridized carbons (Fsp3) is 0.278. The van der Waals surface area contributed by atoms with Crippen LogP contribution in [-0.4, -0.2) is 47.5 Å². The number of benzene rings is 2. The molecule has 0 aliphatic heterocycles. The van der Waals surface area contributed by atoms with Crippen molar-refractivity contribution in [1.82, 2.24) is 4.90 Å². The Balaban J connectivity index is 2.47. The first kappa shape index (κ1) is 26.2. The Morgan fingerprint density at radius 3 is 2.22 bits per heavy atom. The van der Waals surface area contributed by atoms with E-state index < -0.39 is 63.8 Å². The summed E-state index contributed by atoms with van der Waals surface area (Å²) in [5.74, 6) is -1.09. The van der Waals surface area contributed by atoms with E-state index in [1.54, 1.807) is 0 Å². The Morgan fingerprint density at radius 2 is 1.66 bits per heavy atom. The van der Waals surface area contributed by atoms with Crippen LogP contribution in [0, 0.1) is 0 Å². The van der Waals surface area contributed by atoms with Gasteiger partial charge in [-0.2, -0.15) is 13.2 Å². The van der Waals surface area contributed by atoms with Crippen molar-refractivity contribution in [1.29, 1.82) is 0 Å². The van der Waals surface area contributed by atoms with Crippen molar-refractivity contribution in [2.24, 2.45) is 0 Å². The summed E-state index contributed by atoms with van der Waals surface area (Å²) in [4.78, 5) is 11.7. The normalized spacial score (nSPS) is 12.5. The van der Waals surface area contributed by atoms with Crippen LogP contribution in [0.2, 0.25) is 10.0 Å². The maximum absolute atomic E-state index is 13.1. The average molecular weight is 533 g/mol. The van der Waals surface area contributed by atoms with Gasteiger partial charge in [0.15, 0.2) is 9.84 Å². The molecule has 0 fully saturated rings. The number of sulfone groups is 1. The second-order valence-electron chi connectivity index (χ2n) is 6.74. The first-order chi connectivity index (χ1) is 14.5. The fourth-order valence-electron chi connectivity index (χ4n) is 2.50. The van der Waals surface area contributed by atoms with Gasteiger partial charge in [-0.1, -0.05) is 23.2 Å². The van der Waals surface area contributed by atoms with Crippen molar-refractivity contribution >= 4 is 54.7 Å². The average Bonchev–Trinajstić information content (AvgIpc) is 2.64. The van der Waals surface area contributed by atoms with Crippen molar-refractivity contribution in [2.45, 2.75) is 22.4 Å². The molecule has 7 nitrogen and oxygen atoms in total. The number of nitrogens with zero attached hydrogens (tertiary/aromatic N) is 1. The van der Waals surface area contributed by atoms with Crippen molar-refractivity contribution in [3.05, 3.63) is 52.0 Å². The standard InChI is InChI=1S/C18H17Cl2F3N2O5S2/c1-25(2)17(26)7-8-31(27,28)16-6-3-11(19)9-15(16)24-32(29,30)12-4-5-14(20)13(10-12)18(21,22)23/h3-6,9-10,24H,7-8H2,1-2H3. The molecule has 0 spiro atoms. The Hall–Kier alpha value is -2.02. The summed E-state index contributed by atoms with van der Waals surface area (Å²) in [7, 11) is -5.94. The largest absolute Gasteiger partial charge is 0.417 e. The van der Waals surface area contributed by atoms with Gasteiger partial charge in [0.25, 0.3) is 10.0 Å². The first-order valence-electron chi connectivity index (χ1n) is 8.66. The number of sulfonamides is 1. The van der Waals surface area contributed by atoms with Gasteiger partial charge in [0.05, 0.1) is 31.8 Å². The highest BCUT2D eigenvalue weighted by Gasteiger charge is 2.35. The van der Waals surface area contributed by atoms with Crippen molar-refractivity contribution in [3.63, 3.8) is 0 Å². The predicted octanol–water partition coefficient (Wildman–Crippen LogP) is 4.07. The molecular formula is C18H17Cl2F3N2O5S2. The molecule has 0 aliphatic carbocycles. The van der Waals surface area contributed by atoms with Crippen LogP contribution < -0.4 is 4.72 Å². The predicted molar refractivity (Wildman–Crippen MR) is 114 cm³/mol. The minimum atomic E-state index is -4.91. The summed E-state index contributed by atoms with van der Waals surface area (Å²) in [5.41, 5.74) is -1.85. The van der Waals surface area contributed by atoms with Crippen molar-refractivity contribution in [2.75, 3.05) is 24.6 Å². The zero-order valence-electron chi connectivity index (χ0n) is 16.6. The van der Waals surface area contributed by atoms with Crippen molar-refractivity contribution < 1.29 is 34.8 Å². The minimum Gasteiger partial charge on any atom is -0.349 e. The quantitative estimate of drug-likeness (QED) is 0.579.